The fraction of sp³-hybridized carbons (Fsp3) is 0.286. The average molecular weight is 178 g/mol. The molecule has 68 valence electrons. The van der Waals surface area contributed by atoms with Gasteiger partial charge in [-0.1, -0.05) is 0 Å². The quantitative estimate of drug-likeness (QED) is 0.656. The molecule has 0 aliphatic heterocycles. The predicted molar refractivity (Wildman–Crippen MR) is 47.6 cm³/mol. The second kappa shape index (κ2) is 2.58. The highest BCUT2D eigenvalue weighted by Crippen LogP contribution is 2.15. The Hall–Kier alpha value is -1.85. The summed E-state index contributed by atoms with van der Waals surface area (Å²) in [4.78, 5) is 1.49. The molecule has 0 aliphatic rings. The van der Waals surface area contributed by atoms with Crippen molar-refractivity contribution >= 4 is 5.82 Å². The lowest BCUT2D eigenvalue weighted by atomic mass is 10.3. The zero-order valence-corrected chi connectivity index (χ0v) is 7.47. The Morgan fingerprint density at radius 1 is 1.23 bits per heavy atom. The largest absolute Gasteiger partial charge is 0.384 e. The second-order valence-electron chi connectivity index (χ2n) is 2.80. The van der Waals surface area contributed by atoms with Crippen LogP contribution in [0, 0.1) is 0 Å². The molecule has 2 aromatic heterocycles. The lowest BCUT2D eigenvalue weighted by Crippen LogP contribution is -1.96. The monoisotopic (exact) mass is 178 g/mol. The first kappa shape index (κ1) is 7.78. The van der Waals surface area contributed by atoms with Gasteiger partial charge in [-0.15, -0.1) is 0 Å². The number of anilines is 1. The van der Waals surface area contributed by atoms with E-state index in [1.165, 1.54) is 4.80 Å². The summed E-state index contributed by atoms with van der Waals surface area (Å²) in [6.07, 6.45) is 1.65. The summed E-state index contributed by atoms with van der Waals surface area (Å²) in [5.41, 5.74) is 7.11. The van der Waals surface area contributed by atoms with Gasteiger partial charge in [0.2, 0.25) is 0 Å². The summed E-state index contributed by atoms with van der Waals surface area (Å²) >= 11 is 0. The van der Waals surface area contributed by atoms with Crippen molar-refractivity contribution in [2.45, 2.75) is 0 Å². The molecule has 6 heteroatoms. The first-order valence-corrected chi connectivity index (χ1v) is 3.83. The summed E-state index contributed by atoms with van der Waals surface area (Å²) in [5, 5.41) is 12.2. The third kappa shape index (κ3) is 1.26. The third-order valence-electron chi connectivity index (χ3n) is 1.78. The first-order chi connectivity index (χ1) is 6.16. The van der Waals surface area contributed by atoms with Crippen LogP contribution in [0.15, 0.2) is 12.3 Å². The van der Waals surface area contributed by atoms with Crippen molar-refractivity contribution in [2.75, 3.05) is 5.73 Å². The molecule has 0 spiro atoms. The van der Waals surface area contributed by atoms with Gasteiger partial charge in [0.25, 0.3) is 0 Å². The van der Waals surface area contributed by atoms with E-state index >= 15 is 0 Å². The molecular formula is C7H10N6. The fourth-order valence-corrected chi connectivity index (χ4v) is 1.07. The molecule has 6 nitrogen and oxygen atoms in total. The molecule has 2 aromatic rings. The zero-order valence-electron chi connectivity index (χ0n) is 7.47. The van der Waals surface area contributed by atoms with E-state index in [-0.39, 0.29) is 0 Å². The van der Waals surface area contributed by atoms with Crippen LogP contribution in [0.3, 0.4) is 0 Å². The van der Waals surface area contributed by atoms with Crippen LogP contribution in [0.1, 0.15) is 0 Å². The van der Waals surface area contributed by atoms with Crippen molar-refractivity contribution in [1.82, 2.24) is 24.8 Å². The van der Waals surface area contributed by atoms with E-state index < -0.39 is 0 Å². The van der Waals surface area contributed by atoms with Crippen molar-refractivity contribution in [3.05, 3.63) is 12.3 Å². The normalized spacial score (nSPS) is 10.6. The molecule has 0 aliphatic carbocycles. The number of aryl methyl sites for hydroxylation is 2. The van der Waals surface area contributed by atoms with E-state index in [9.17, 15) is 0 Å². The summed E-state index contributed by atoms with van der Waals surface area (Å²) in [7, 11) is 3.55. The minimum absolute atomic E-state index is 0.612. The number of hydrogen-bond acceptors (Lipinski definition) is 4. The molecule has 0 atom stereocenters. The maximum absolute atomic E-state index is 5.63. The van der Waals surface area contributed by atoms with Crippen LogP contribution in [-0.4, -0.2) is 24.8 Å². The van der Waals surface area contributed by atoms with E-state index in [0.717, 1.165) is 11.4 Å². The van der Waals surface area contributed by atoms with Crippen molar-refractivity contribution in [3.63, 3.8) is 0 Å². The Morgan fingerprint density at radius 3 is 2.46 bits per heavy atom. The molecule has 0 saturated carbocycles. The van der Waals surface area contributed by atoms with Crippen LogP contribution < -0.4 is 5.73 Å². The first-order valence-electron chi connectivity index (χ1n) is 3.83. The van der Waals surface area contributed by atoms with E-state index in [1.54, 1.807) is 31.0 Å². The van der Waals surface area contributed by atoms with Crippen molar-refractivity contribution in [3.8, 4) is 11.4 Å². The van der Waals surface area contributed by atoms with Gasteiger partial charge in [0.15, 0.2) is 0 Å². The van der Waals surface area contributed by atoms with Crippen LogP contribution in [-0.2, 0) is 14.1 Å². The minimum atomic E-state index is 0.612. The summed E-state index contributed by atoms with van der Waals surface area (Å²) in [6.45, 7) is 0. The second-order valence-corrected chi connectivity index (χ2v) is 2.80. The maximum Gasteiger partial charge on any atom is 0.133 e. The topological polar surface area (TPSA) is 74.6 Å². The minimum Gasteiger partial charge on any atom is -0.384 e. The van der Waals surface area contributed by atoms with Crippen LogP contribution in [0.2, 0.25) is 0 Å². The molecule has 0 aromatic carbocycles. The van der Waals surface area contributed by atoms with E-state index in [2.05, 4.69) is 15.3 Å². The van der Waals surface area contributed by atoms with E-state index in [1.807, 2.05) is 0 Å². The molecule has 2 rings (SSSR count). The molecule has 2 heterocycles. The molecule has 0 fully saturated rings. The molecular weight excluding hydrogens is 168 g/mol. The van der Waals surface area contributed by atoms with Crippen molar-refractivity contribution in [2.24, 2.45) is 14.1 Å². The summed E-state index contributed by atoms with van der Waals surface area (Å²) < 4.78 is 1.60. The average Bonchev–Trinajstić information content (AvgIpc) is 2.61. The number of rotatable bonds is 1. The van der Waals surface area contributed by atoms with Crippen molar-refractivity contribution < 1.29 is 0 Å². The van der Waals surface area contributed by atoms with Gasteiger partial charge in [0.1, 0.15) is 17.2 Å². The van der Waals surface area contributed by atoms with Gasteiger partial charge in [-0.3, -0.25) is 4.68 Å². The zero-order chi connectivity index (χ0) is 9.42. The van der Waals surface area contributed by atoms with Crippen LogP contribution >= 0.6 is 0 Å². The van der Waals surface area contributed by atoms with Gasteiger partial charge in [-0.05, 0) is 0 Å². The smallest absolute Gasteiger partial charge is 0.133 e. The standard InChI is InChI=1S/C7H10N6/c1-12-7(8)3-5(10-12)6-4-9-13(2)11-6/h3-4H,8H2,1-2H3. The third-order valence-corrected chi connectivity index (χ3v) is 1.78. The Kier molecular flexibility index (Phi) is 1.54. The lowest BCUT2D eigenvalue weighted by Gasteiger charge is -1.88. The molecule has 2 N–H and O–H groups in total. The molecule has 0 saturated heterocycles. The maximum atomic E-state index is 5.63. The Balaban J connectivity index is 2.46. The van der Waals surface area contributed by atoms with Crippen LogP contribution in [0.5, 0.6) is 0 Å². The molecule has 0 amide bonds. The van der Waals surface area contributed by atoms with Gasteiger partial charge >= 0.3 is 0 Å². The number of aromatic nitrogens is 5. The van der Waals surface area contributed by atoms with Gasteiger partial charge in [-0.2, -0.15) is 20.1 Å². The van der Waals surface area contributed by atoms with Crippen LogP contribution in [0.25, 0.3) is 11.4 Å². The fourth-order valence-electron chi connectivity index (χ4n) is 1.07. The van der Waals surface area contributed by atoms with Crippen molar-refractivity contribution in [1.29, 1.82) is 0 Å². The predicted octanol–water partition coefficient (Wildman–Crippen LogP) is -0.202. The lowest BCUT2D eigenvalue weighted by molar-refractivity contribution is 0.655. The van der Waals surface area contributed by atoms with E-state index in [0.29, 0.717) is 5.82 Å². The molecule has 13 heavy (non-hydrogen) atoms. The Bertz CT molecular complexity index is 406. The molecule has 0 unspecified atom stereocenters. The summed E-state index contributed by atoms with van der Waals surface area (Å²) in [6, 6.07) is 1.77. The highest BCUT2D eigenvalue weighted by Gasteiger charge is 2.07. The van der Waals surface area contributed by atoms with Gasteiger partial charge in [0, 0.05) is 20.2 Å². The SMILES string of the molecule is Cn1ncc(-c2cc(N)n(C)n2)n1. The van der Waals surface area contributed by atoms with Gasteiger partial charge in [-0.25, -0.2) is 0 Å². The van der Waals surface area contributed by atoms with Gasteiger partial charge in [0.05, 0.1) is 6.20 Å². The highest BCUT2D eigenvalue weighted by atomic mass is 15.5. The number of nitrogens with two attached hydrogens (primary N) is 1. The Morgan fingerprint density at radius 2 is 2.00 bits per heavy atom. The van der Waals surface area contributed by atoms with E-state index in [4.69, 9.17) is 5.73 Å². The highest BCUT2D eigenvalue weighted by molar-refractivity contribution is 5.56. The van der Waals surface area contributed by atoms with Crippen LogP contribution in [0.4, 0.5) is 5.82 Å². The number of nitrogen functional groups attached to an aromatic ring is 1. The number of nitrogens with zero attached hydrogens (tertiary/aromatic N) is 5. The molecule has 0 bridgehead atoms. The number of hydrogen-bond donors (Lipinski definition) is 1. The Labute approximate surface area is 75.0 Å². The summed E-state index contributed by atoms with van der Waals surface area (Å²) in [5.74, 6) is 0.612. The van der Waals surface area contributed by atoms with Gasteiger partial charge < -0.3 is 5.73 Å². The molecule has 0 radical (unpaired) electrons.